The number of hydrogen-bond acceptors (Lipinski definition) is 2. The average Bonchev–Trinajstić information content (AvgIpc) is 2.50. The van der Waals surface area contributed by atoms with Crippen molar-refractivity contribution in [3.63, 3.8) is 0 Å². The third-order valence-electron chi connectivity index (χ3n) is 3.64. The Balaban J connectivity index is 3.12. The van der Waals surface area contributed by atoms with Crippen molar-refractivity contribution in [2.45, 2.75) is 90.9 Å². The van der Waals surface area contributed by atoms with E-state index in [1.807, 2.05) is 0 Å². The summed E-state index contributed by atoms with van der Waals surface area (Å²) in [7, 11) is 0. The van der Waals surface area contributed by atoms with E-state index in [9.17, 15) is 4.79 Å². The summed E-state index contributed by atoms with van der Waals surface area (Å²) in [5.41, 5.74) is 0. The maximum atomic E-state index is 10.6. The highest BCUT2D eigenvalue weighted by atomic mass is 16.5. The molecule has 0 aliphatic rings. The molecule has 128 valence electrons. The highest BCUT2D eigenvalue weighted by molar-refractivity contribution is 5.65. The molecule has 0 heterocycles. The van der Waals surface area contributed by atoms with Gasteiger partial charge in [0.1, 0.15) is 0 Å². The molecule has 0 aliphatic carbocycles. The van der Waals surface area contributed by atoms with Gasteiger partial charge in [-0.05, 0) is 38.5 Å². The zero-order valence-corrected chi connectivity index (χ0v) is 14.8. The SMILES string of the molecule is CCCC/C=C/CCCCCCCC/C=C/CCOC(C)=O. The van der Waals surface area contributed by atoms with Crippen molar-refractivity contribution in [1.82, 2.24) is 0 Å². The summed E-state index contributed by atoms with van der Waals surface area (Å²) in [6, 6.07) is 0. The first-order valence-electron chi connectivity index (χ1n) is 9.20. The minimum Gasteiger partial charge on any atom is -0.466 e. The van der Waals surface area contributed by atoms with Crippen LogP contribution in [-0.4, -0.2) is 12.6 Å². The average molecular weight is 309 g/mol. The smallest absolute Gasteiger partial charge is 0.302 e. The molecule has 0 aromatic carbocycles. The second-order valence-electron chi connectivity index (χ2n) is 5.91. The molecule has 0 aromatic rings. The Hall–Kier alpha value is -1.05. The standard InChI is InChI=1S/C20H36O2/c1-3-4-5-6-7-8-9-10-11-12-13-14-15-16-17-18-19-22-20(2)21/h6-7,16-17H,3-5,8-15,18-19H2,1-2H3/b7-6+,17-16+. The lowest BCUT2D eigenvalue weighted by atomic mass is 10.1. The van der Waals surface area contributed by atoms with Gasteiger partial charge in [-0.3, -0.25) is 4.79 Å². The highest BCUT2D eigenvalue weighted by Gasteiger charge is 1.91. The van der Waals surface area contributed by atoms with E-state index in [1.54, 1.807) is 0 Å². The van der Waals surface area contributed by atoms with Crippen LogP contribution in [0.25, 0.3) is 0 Å². The lowest BCUT2D eigenvalue weighted by Gasteiger charge is -2.00. The maximum Gasteiger partial charge on any atom is 0.302 e. The molecule has 0 aromatic heterocycles. The van der Waals surface area contributed by atoms with Crippen molar-refractivity contribution in [3.05, 3.63) is 24.3 Å². The lowest BCUT2D eigenvalue weighted by Crippen LogP contribution is -1.98. The van der Waals surface area contributed by atoms with Gasteiger partial charge in [-0.2, -0.15) is 0 Å². The highest BCUT2D eigenvalue weighted by Crippen LogP contribution is 2.09. The van der Waals surface area contributed by atoms with E-state index in [0.717, 1.165) is 12.8 Å². The van der Waals surface area contributed by atoms with Gasteiger partial charge in [0.05, 0.1) is 6.61 Å². The van der Waals surface area contributed by atoms with Gasteiger partial charge >= 0.3 is 5.97 Å². The molecule has 0 rings (SSSR count). The van der Waals surface area contributed by atoms with Gasteiger partial charge in [0.25, 0.3) is 0 Å². The van der Waals surface area contributed by atoms with Crippen molar-refractivity contribution >= 4 is 5.97 Å². The lowest BCUT2D eigenvalue weighted by molar-refractivity contribution is -0.140. The first kappa shape index (κ1) is 20.9. The Morgan fingerprint density at radius 1 is 0.727 bits per heavy atom. The summed E-state index contributed by atoms with van der Waals surface area (Å²) in [6.07, 6.45) is 24.2. The zero-order chi connectivity index (χ0) is 16.3. The predicted octanol–water partition coefficient (Wildman–Crippen LogP) is 6.36. The van der Waals surface area contributed by atoms with Crippen molar-refractivity contribution in [2.24, 2.45) is 0 Å². The first-order chi connectivity index (χ1) is 10.8. The van der Waals surface area contributed by atoms with E-state index in [4.69, 9.17) is 4.74 Å². The van der Waals surface area contributed by atoms with Crippen molar-refractivity contribution in [1.29, 1.82) is 0 Å². The van der Waals surface area contributed by atoms with Gasteiger partial charge in [-0.25, -0.2) is 0 Å². The molecule has 0 amide bonds. The van der Waals surface area contributed by atoms with Crippen molar-refractivity contribution in [3.8, 4) is 0 Å². The van der Waals surface area contributed by atoms with Crippen LogP contribution < -0.4 is 0 Å². The molecule has 0 atom stereocenters. The number of carbonyl (C=O) groups is 1. The Morgan fingerprint density at radius 2 is 1.18 bits per heavy atom. The molecule has 0 saturated heterocycles. The van der Waals surface area contributed by atoms with Crippen LogP contribution >= 0.6 is 0 Å². The molecule has 0 aliphatic heterocycles. The van der Waals surface area contributed by atoms with E-state index in [1.165, 1.54) is 71.1 Å². The van der Waals surface area contributed by atoms with Gasteiger partial charge < -0.3 is 4.74 Å². The third kappa shape index (κ3) is 18.9. The molecular formula is C20H36O2. The number of allylic oxidation sites excluding steroid dienone is 3. The molecule has 0 saturated carbocycles. The summed E-state index contributed by atoms with van der Waals surface area (Å²) in [5, 5.41) is 0. The number of hydrogen-bond donors (Lipinski definition) is 0. The summed E-state index contributed by atoms with van der Waals surface area (Å²) < 4.78 is 4.87. The Morgan fingerprint density at radius 3 is 1.68 bits per heavy atom. The minimum absolute atomic E-state index is 0.190. The van der Waals surface area contributed by atoms with Crippen LogP contribution in [-0.2, 0) is 9.53 Å². The second-order valence-corrected chi connectivity index (χ2v) is 5.91. The van der Waals surface area contributed by atoms with Crippen LogP contribution in [0.3, 0.4) is 0 Å². The van der Waals surface area contributed by atoms with E-state index in [0.29, 0.717) is 6.61 Å². The fourth-order valence-corrected chi connectivity index (χ4v) is 2.30. The fraction of sp³-hybridized carbons (Fsp3) is 0.750. The van der Waals surface area contributed by atoms with E-state index >= 15 is 0 Å². The monoisotopic (exact) mass is 308 g/mol. The van der Waals surface area contributed by atoms with E-state index in [-0.39, 0.29) is 5.97 Å². The molecule has 2 heteroatoms. The molecule has 0 spiro atoms. The first-order valence-corrected chi connectivity index (χ1v) is 9.20. The number of rotatable bonds is 15. The molecule has 22 heavy (non-hydrogen) atoms. The third-order valence-corrected chi connectivity index (χ3v) is 3.64. The van der Waals surface area contributed by atoms with Gasteiger partial charge in [0.15, 0.2) is 0 Å². The van der Waals surface area contributed by atoms with Crippen LogP contribution in [0.5, 0.6) is 0 Å². The largest absolute Gasteiger partial charge is 0.466 e. The van der Waals surface area contributed by atoms with Crippen LogP contribution in [0.1, 0.15) is 90.9 Å². The Kier molecular flexibility index (Phi) is 17.1. The molecule has 0 unspecified atom stereocenters. The molecular weight excluding hydrogens is 272 g/mol. The van der Waals surface area contributed by atoms with Gasteiger partial charge in [0, 0.05) is 6.92 Å². The summed E-state index contributed by atoms with van der Waals surface area (Å²) in [6.45, 7) is 4.21. The molecule has 0 radical (unpaired) electrons. The van der Waals surface area contributed by atoms with Crippen LogP contribution in [0, 0.1) is 0 Å². The van der Waals surface area contributed by atoms with Crippen molar-refractivity contribution in [2.75, 3.05) is 6.61 Å². The van der Waals surface area contributed by atoms with Crippen LogP contribution in [0.15, 0.2) is 24.3 Å². The Labute approximate surface area is 138 Å². The summed E-state index contributed by atoms with van der Waals surface area (Å²) in [5.74, 6) is -0.190. The molecule has 0 N–H and O–H groups in total. The minimum atomic E-state index is -0.190. The molecule has 0 fully saturated rings. The fourth-order valence-electron chi connectivity index (χ4n) is 2.30. The van der Waals surface area contributed by atoms with Crippen molar-refractivity contribution < 1.29 is 9.53 Å². The number of esters is 1. The predicted molar refractivity (Wildman–Crippen MR) is 96.0 cm³/mol. The van der Waals surface area contributed by atoms with E-state index in [2.05, 4.69) is 31.2 Å². The van der Waals surface area contributed by atoms with E-state index < -0.39 is 0 Å². The number of carbonyl (C=O) groups excluding carboxylic acids is 1. The number of ether oxygens (including phenoxy) is 1. The maximum absolute atomic E-state index is 10.6. The van der Waals surface area contributed by atoms with Gasteiger partial charge in [-0.15, -0.1) is 0 Å². The van der Waals surface area contributed by atoms with Gasteiger partial charge in [0.2, 0.25) is 0 Å². The summed E-state index contributed by atoms with van der Waals surface area (Å²) in [4.78, 5) is 10.6. The number of unbranched alkanes of at least 4 members (excludes halogenated alkanes) is 9. The second kappa shape index (κ2) is 18.0. The van der Waals surface area contributed by atoms with Crippen LogP contribution in [0.2, 0.25) is 0 Å². The quantitative estimate of drug-likeness (QED) is 0.200. The van der Waals surface area contributed by atoms with Crippen LogP contribution in [0.4, 0.5) is 0 Å². The summed E-state index contributed by atoms with van der Waals surface area (Å²) >= 11 is 0. The normalized spacial score (nSPS) is 11.5. The van der Waals surface area contributed by atoms with Gasteiger partial charge in [-0.1, -0.05) is 69.8 Å². The zero-order valence-electron chi connectivity index (χ0n) is 14.8. The topological polar surface area (TPSA) is 26.3 Å². The molecule has 2 nitrogen and oxygen atoms in total. The Bertz CT molecular complexity index is 292. The molecule has 0 bridgehead atoms.